The summed E-state index contributed by atoms with van der Waals surface area (Å²) in [5.41, 5.74) is 1.60. The van der Waals surface area contributed by atoms with Crippen LogP contribution in [0.1, 0.15) is 32.2 Å². The Morgan fingerprint density at radius 3 is 2.40 bits per heavy atom. The highest BCUT2D eigenvalue weighted by molar-refractivity contribution is 5.89. The predicted octanol–water partition coefficient (Wildman–Crippen LogP) is 0.681. The number of esters is 1. The largest absolute Gasteiger partial charge is 0.465 e. The SMILES string of the molecule is CCOC(=O)CNC(=O)Nc1nnc(CC)c(CC)n1. The van der Waals surface area contributed by atoms with Crippen molar-refractivity contribution in [3.63, 3.8) is 0 Å². The first-order valence-corrected chi connectivity index (χ1v) is 6.53. The fraction of sp³-hybridized carbons (Fsp3) is 0.583. The van der Waals surface area contributed by atoms with Gasteiger partial charge in [-0.05, 0) is 19.8 Å². The van der Waals surface area contributed by atoms with E-state index in [1.807, 2.05) is 13.8 Å². The fourth-order valence-corrected chi connectivity index (χ4v) is 1.50. The van der Waals surface area contributed by atoms with Crippen LogP contribution >= 0.6 is 0 Å². The molecule has 0 unspecified atom stereocenters. The van der Waals surface area contributed by atoms with E-state index in [-0.39, 0.29) is 19.1 Å². The van der Waals surface area contributed by atoms with E-state index in [4.69, 9.17) is 0 Å². The highest BCUT2D eigenvalue weighted by Gasteiger charge is 2.10. The van der Waals surface area contributed by atoms with Crippen molar-refractivity contribution in [3.05, 3.63) is 11.4 Å². The molecular formula is C12H19N5O3. The molecule has 0 aromatic carbocycles. The standard InChI is InChI=1S/C12H19N5O3/c1-4-8-9(5-2)16-17-11(14-8)15-12(19)13-7-10(18)20-6-3/h4-7H2,1-3H3,(H2,13,14,15,17,19). The zero-order chi connectivity index (χ0) is 15.0. The zero-order valence-corrected chi connectivity index (χ0v) is 11.9. The van der Waals surface area contributed by atoms with Crippen molar-refractivity contribution < 1.29 is 14.3 Å². The monoisotopic (exact) mass is 281 g/mol. The topological polar surface area (TPSA) is 106 Å². The lowest BCUT2D eigenvalue weighted by atomic mass is 10.2. The van der Waals surface area contributed by atoms with Gasteiger partial charge < -0.3 is 10.1 Å². The van der Waals surface area contributed by atoms with Crippen LogP contribution in [-0.2, 0) is 22.4 Å². The molecule has 0 aliphatic heterocycles. The van der Waals surface area contributed by atoms with Crippen molar-refractivity contribution in [2.45, 2.75) is 33.6 Å². The van der Waals surface area contributed by atoms with E-state index in [9.17, 15) is 9.59 Å². The van der Waals surface area contributed by atoms with Crippen molar-refractivity contribution >= 4 is 17.9 Å². The van der Waals surface area contributed by atoms with E-state index in [2.05, 4.69) is 30.6 Å². The number of hydrogen-bond donors (Lipinski definition) is 2. The third-order valence-electron chi connectivity index (χ3n) is 2.43. The molecular weight excluding hydrogens is 262 g/mol. The summed E-state index contributed by atoms with van der Waals surface area (Å²) in [6, 6.07) is -0.578. The van der Waals surface area contributed by atoms with Gasteiger partial charge >= 0.3 is 12.0 Å². The molecule has 1 aromatic rings. The van der Waals surface area contributed by atoms with Gasteiger partial charge in [-0.3, -0.25) is 10.1 Å². The Hall–Kier alpha value is -2.25. The van der Waals surface area contributed by atoms with Crippen LogP contribution in [0.4, 0.5) is 10.7 Å². The maximum Gasteiger partial charge on any atom is 0.325 e. The maximum absolute atomic E-state index is 11.5. The van der Waals surface area contributed by atoms with Crippen LogP contribution in [0.25, 0.3) is 0 Å². The molecule has 2 amide bonds. The first-order valence-electron chi connectivity index (χ1n) is 6.53. The van der Waals surface area contributed by atoms with Gasteiger partial charge in [0, 0.05) is 0 Å². The third kappa shape index (κ3) is 4.79. The maximum atomic E-state index is 11.5. The summed E-state index contributed by atoms with van der Waals surface area (Å²) in [5, 5.41) is 12.6. The number of rotatable bonds is 6. The zero-order valence-electron chi connectivity index (χ0n) is 11.9. The van der Waals surface area contributed by atoms with Crippen molar-refractivity contribution in [2.75, 3.05) is 18.5 Å². The van der Waals surface area contributed by atoms with E-state index in [1.165, 1.54) is 0 Å². The first-order chi connectivity index (χ1) is 9.60. The van der Waals surface area contributed by atoms with Crippen LogP contribution in [0.2, 0.25) is 0 Å². The molecule has 0 aliphatic rings. The molecule has 0 spiro atoms. The number of ether oxygens (including phenoxy) is 1. The summed E-state index contributed by atoms with van der Waals surface area (Å²) < 4.78 is 4.68. The quantitative estimate of drug-likeness (QED) is 0.743. The van der Waals surface area contributed by atoms with Gasteiger partial charge in [0.1, 0.15) is 6.54 Å². The Morgan fingerprint density at radius 2 is 1.80 bits per heavy atom. The summed E-state index contributed by atoms with van der Waals surface area (Å²) in [7, 11) is 0. The summed E-state index contributed by atoms with van der Waals surface area (Å²) in [5.74, 6) is -0.391. The molecule has 0 saturated carbocycles. The predicted molar refractivity (Wildman–Crippen MR) is 72.2 cm³/mol. The molecule has 8 heteroatoms. The molecule has 0 bridgehead atoms. The molecule has 8 nitrogen and oxygen atoms in total. The van der Waals surface area contributed by atoms with Crippen LogP contribution in [0.3, 0.4) is 0 Å². The van der Waals surface area contributed by atoms with E-state index in [1.54, 1.807) is 6.92 Å². The minimum absolute atomic E-state index is 0.111. The fourth-order valence-electron chi connectivity index (χ4n) is 1.50. The number of amides is 2. The Labute approximate surface area is 117 Å². The number of nitrogens with one attached hydrogen (secondary N) is 2. The first kappa shape index (κ1) is 15.8. The van der Waals surface area contributed by atoms with Gasteiger partial charge in [-0.2, -0.15) is 0 Å². The highest BCUT2D eigenvalue weighted by atomic mass is 16.5. The summed E-state index contributed by atoms with van der Waals surface area (Å²) in [6.07, 6.45) is 1.44. The number of urea groups is 1. The Morgan fingerprint density at radius 1 is 1.10 bits per heavy atom. The summed E-state index contributed by atoms with van der Waals surface area (Å²) >= 11 is 0. The molecule has 20 heavy (non-hydrogen) atoms. The Bertz CT molecular complexity index is 478. The van der Waals surface area contributed by atoms with E-state index in [0.717, 1.165) is 17.8 Å². The average molecular weight is 281 g/mol. The normalized spacial score (nSPS) is 9.95. The Kier molecular flexibility index (Phi) is 6.34. The van der Waals surface area contributed by atoms with Crippen molar-refractivity contribution in [3.8, 4) is 0 Å². The lowest BCUT2D eigenvalue weighted by Crippen LogP contribution is -2.34. The minimum Gasteiger partial charge on any atom is -0.465 e. The molecule has 1 rings (SSSR count). The van der Waals surface area contributed by atoms with Crippen LogP contribution in [0, 0.1) is 0 Å². The second-order valence-electron chi connectivity index (χ2n) is 3.85. The number of hydrogen-bond acceptors (Lipinski definition) is 6. The van der Waals surface area contributed by atoms with E-state index < -0.39 is 12.0 Å². The smallest absolute Gasteiger partial charge is 0.325 e. The lowest BCUT2D eigenvalue weighted by Gasteiger charge is -2.08. The lowest BCUT2D eigenvalue weighted by molar-refractivity contribution is -0.141. The van der Waals surface area contributed by atoms with Gasteiger partial charge in [-0.15, -0.1) is 10.2 Å². The number of aromatic nitrogens is 3. The minimum atomic E-state index is -0.578. The molecule has 1 heterocycles. The molecule has 0 saturated heterocycles. The third-order valence-corrected chi connectivity index (χ3v) is 2.43. The van der Waals surface area contributed by atoms with Crippen LogP contribution in [-0.4, -0.2) is 40.3 Å². The van der Waals surface area contributed by atoms with Crippen molar-refractivity contribution in [1.82, 2.24) is 20.5 Å². The average Bonchev–Trinajstić information content (AvgIpc) is 2.45. The Balaban J connectivity index is 2.55. The molecule has 0 atom stereocenters. The van der Waals surface area contributed by atoms with Crippen LogP contribution in [0.15, 0.2) is 0 Å². The van der Waals surface area contributed by atoms with Gasteiger partial charge in [0.25, 0.3) is 5.95 Å². The molecule has 110 valence electrons. The second kappa shape index (κ2) is 8.03. The molecule has 1 aromatic heterocycles. The van der Waals surface area contributed by atoms with Gasteiger partial charge in [-0.1, -0.05) is 13.8 Å². The number of carbonyl (C=O) groups excluding carboxylic acids is 2. The molecule has 2 N–H and O–H groups in total. The van der Waals surface area contributed by atoms with Crippen LogP contribution in [0.5, 0.6) is 0 Å². The molecule has 0 aliphatic carbocycles. The van der Waals surface area contributed by atoms with Gasteiger partial charge in [0.05, 0.1) is 18.0 Å². The summed E-state index contributed by atoms with van der Waals surface area (Å²) in [6.45, 7) is 5.67. The summed E-state index contributed by atoms with van der Waals surface area (Å²) in [4.78, 5) is 26.8. The number of carbonyl (C=O) groups is 2. The number of nitrogens with zero attached hydrogens (tertiary/aromatic N) is 3. The number of anilines is 1. The van der Waals surface area contributed by atoms with E-state index in [0.29, 0.717) is 6.42 Å². The van der Waals surface area contributed by atoms with Gasteiger partial charge in [0.2, 0.25) is 0 Å². The van der Waals surface area contributed by atoms with Gasteiger partial charge in [0.15, 0.2) is 0 Å². The van der Waals surface area contributed by atoms with Crippen LogP contribution < -0.4 is 10.6 Å². The number of aryl methyl sites for hydroxylation is 2. The molecule has 0 radical (unpaired) electrons. The van der Waals surface area contributed by atoms with Gasteiger partial charge in [-0.25, -0.2) is 9.78 Å². The van der Waals surface area contributed by atoms with Crippen molar-refractivity contribution in [1.29, 1.82) is 0 Å². The molecule has 0 fully saturated rings. The highest BCUT2D eigenvalue weighted by Crippen LogP contribution is 2.06. The second-order valence-corrected chi connectivity index (χ2v) is 3.85. The van der Waals surface area contributed by atoms with E-state index >= 15 is 0 Å². The van der Waals surface area contributed by atoms with Crippen molar-refractivity contribution in [2.24, 2.45) is 0 Å².